The predicted molar refractivity (Wildman–Crippen MR) is 255 cm³/mol. The van der Waals surface area contributed by atoms with Crippen LogP contribution in [0.5, 0.6) is 0 Å². The number of para-hydroxylation sites is 3. The Morgan fingerprint density at radius 3 is 1.44 bits per heavy atom. The summed E-state index contributed by atoms with van der Waals surface area (Å²) in [6, 6.07) is 75.6. The number of benzene rings is 9. The SMILES string of the molecule is c1ccc(-c2ccc(-c3ccc(-c4nc(-c5ccccc5)nc(-n5c6ccccc6c6c7c8c(cc65)c5ccccc5n8-c5ccccc5-c5ccccc5-7)n4)cc3)cc2)cc1. The maximum Gasteiger partial charge on any atom is 0.238 e. The Hall–Kier alpha value is -8.41. The Labute approximate surface area is 357 Å². The van der Waals surface area contributed by atoms with Crippen LogP contribution < -0.4 is 0 Å². The molecular formula is C57H35N5. The van der Waals surface area contributed by atoms with E-state index in [1.54, 1.807) is 0 Å². The predicted octanol–water partition coefficient (Wildman–Crippen LogP) is 14.4. The highest BCUT2D eigenvalue weighted by molar-refractivity contribution is 6.28. The first-order valence-electron chi connectivity index (χ1n) is 21.0. The van der Waals surface area contributed by atoms with Crippen molar-refractivity contribution in [1.82, 2.24) is 24.1 Å². The van der Waals surface area contributed by atoms with Gasteiger partial charge in [0.15, 0.2) is 11.6 Å². The molecule has 13 rings (SSSR count). The summed E-state index contributed by atoms with van der Waals surface area (Å²) >= 11 is 0. The monoisotopic (exact) mass is 789 g/mol. The van der Waals surface area contributed by atoms with Crippen LogP contribution in [0.3, 0.4) is 0 Å². The van der Waals surface area contributed by atoms with Crippen molar-refractivity contribution in [3.8, 4) is 78.9 Å². The lowest BCUT2D eigenvalue weighted by Crippen LogP contribution is -2.06. The molecule has 9 aromatic carbocycles. The quantitative estimate of drug-likeness (QED) is 0.174. The van der Waals surface area contributed by atoms with Crippen LogP contribution in [0, 0.1) is 0 Å². The normalized spacial score (nSPS) is 11.9. The standard InChI is InChI=1S/C57H35N5/c1-3-15-36(16-4-1)37-27-29-38(30-28-37)39-31-33-41(34-32-39)56-58-55(40-17-5-2-6-18-40)59-57(60-56)62-50-26-14-11-23-46(50)52-51(62)35-47-44-21-10-13-25-49(44)61-48-24-12-9-20-43(48)42-19-7-8-22-45(42)53(52)54(47)61/h1-35H. The lowest BCUT2D eigenvalue weighted by molar-refractivity contribution is 0.954. The third-order valence-electron chi connectivity index (χ3n) is 12.5. The number of hydrogen-bond acceptors (Lipinski definition) is 3. The van der Waals surface area contributed by atoms with Crippen molar-refractivity contribution in [1.29, 1.82) is 0 Å². The summed E-state index contributed by atoms with van der Waals surface area (Å²) in [6.07, 6.45) is 0. The van der Waals surface area contributed by atoms with Crippen molar-refractivity contribution in [2.45, 2.75) is 0 Å². The highest BCUT2D eigenvalue weighted by Crippen LogP contribution is 2.51. The molecule has 4 heterocycles. The van der Waals surface area contributed by atoms with Gasteiger partial charge in [0.1, 0.15) is 0 Å². The molecule has 0 radical (unpaired) electrons. The fourth-order valence-corrected chi connectivity index (χ4v) is 9.74. The molecule has 1 aliphatic rings. The third kappa shape index (κ3) is 5.18. The van der Waals surface area contributed by atoms with Gasteiger partial charge >= 0.3 is 0 Å². The van der Waals surface area contributed by atoms with Gasteiger partial charge in [-0.25, -0.2) is 4.98 Å². The molecule has 0 unspecified atom stereocenters. The van der Waals surface area contributed by atoms with Gasteiger partial charge in [0.05, 0.1) is 27.8 Å². The lowest BCUT2D eigenvalue weighted by Gasteiger charge is -2.13. The van der Waals surface area contributed by atoms with E-state index in [1.165, 1.54) is 66.3 Å². The highest BCUT2D eigenvalue weighted by Gasteiger charge is 2.29. The van der Waals surface area contributed by atoms with Crippen LogP contribution in [0.4, 0.5) is 0 Å². The van der Waals surface area contributed by atoms with Crippen LogP contribution in [0.2, 0.25) is 0 Å². The Morgan fingerprint density at radius 2 is 0.774 bits per heavy atom. The summed E-state index contributed by atoms with van der Waals surface area (Å²) in [5.74, 6) is 1.80. The third-order valence-corrected chi connectivity index (χ3v) is 12.5. The van der Waals surface area contributed by atoms with Crippen LogP contribution in [0.1, 0.15) is 0 Å². The first-order chi connectivity index (χ1) is 30.8. The summed E-state index contributed by atoms with van der Waals surface area (Å²) in [5, 5.41) is 4.70. The number of nitrogens with zero attached hydrogens (tertiary/aromatic N) is 5. The van der Waals surface area contributed by atoms with Crippen molar-refractivity contribution in [3.63, 3.8) is 0 Å². The zero-order valence-electron chi connectivity index (χ0n) is 33.4. The van der Waals surface area contributed by atoms with Crippen LogP contribution >= 0.6 is 0 Å². The highest BCUT2D eigenvalue weighted by atomic mass is 15.2. The molecule has 0 saturated carbocycles. The molecule has 0 atom stereocenters. The first-order valence-corrected chi connectivity index (χ1v) is 21.0. The van der Waals surface area contributed by atoms with Crippen LogP contribution in [-0.4, -0.2) is 24.1 Å². The molecule has 0 amide bonds. The van der Waals surface area contributed by atoms with E-state index in [9.17, 15) is 0 Å². The second kappa shape index (κ2) is 13.6. The van der Waals surface area contributed by atoms with E-state index in [0.717, 1.165) is 38.7 Å². The van der Waals surface area contributed by atoms with E-state index in [0.29, 0.717) is 17.6 Å². The second-order valence-corrected chi connectivity index (χ2v) is 16.0. The molecule has 1 aliphatic heterocycles. The first kappa shape index (κ1) is 34.5. The minimum Gasteiger partial charge on any atom is -0.308 e. The summed E-state index contributed by atoms with van der Waals surface area (Å²) in [5.41, 5.74) is 17.0. The van der Waals surface area contributed by atoms with Crippen molar-refractivity contribution >= 4 is 43.6 Å². The molecule has 5 heteroatoms. The van der Waals surface area contributed by atoms with Gasteiger partial charge in [-0.1, -0.05) is 188 Å². The molecule has 0 bridgehead atoms. The van der Waals surface area contributed by atoms with Crippen molar-refractivity contribution in [3.05, 3.63) is 212 Å². The van der Waals surface area contributed by atoms with Crippen molar-refractivity contribution in [2.24, 2.45) is 0 Å². The summed E-state index contributed by atoms with van der Waals surface area (Å²) in [7, 11) is 0. The van der Waals surface area contributed by atoms with Crippen LogP contribution in [0.15, 0.2) is 212 Å². The maximum absolute atomic E-state index is 5.37. The molecule has 0 saturated heterocycles. The smallest absolute Gasteiger partial charge is 0.238 e. The number of fused-ring (bicyclic) bond motifs is 12. The molecule has 0 N–H and O–H groups in total. The van der Waals surface area contributed by atoms with Crippen LogP contribution in [-0.2, 0) is 0 Å². The molecule has 0 spiro atoms. The fourth-order valence-electron chi connectivity index (χ4n) is 9.74. The van der Waals surface area contributed by atoms with Gasteiger partial charge in [-0.2, -0.15) is 9.97 Å². The van der Waals surface area contributed by atoms with Crippen molar-refractivity contribution < 1.29 is 0 Å². The van der Waals surface area contributed by atoms with E-state index >= 15 is 0 Å². The van der Waals surface area contributed by atoms with Crippen LogP contribution in [0.25, 0.3) is 123 Å². The number of rotatable bonds is 5. The lowest BCUT2D eigenvalue weighted by atomic mass is 9.91. The molecule has 62 heavy (non-hydrogen) atoms. The zero-order valence-corrected chi connectivity index (χ0v) is 33.4. The largest absolute Gasteiger partial charge is 0.308 e. The van der Waals surface area contributed by atoms with Gasteiger partial charge in [0.25, 0.3) is 0 Å². The topological polar surface area (TPSA) is 48.5 Å². The fraction of sp³-hybridized carbons (Fsp3) is 0. The molecule has 0 fully saturated rings. The van der Waals surface area contributed by atoms with E-state index in [2.05, 4.69) is 197 Å². The van der Waals surface area contributed by atoms with Crippen molar-refractivity contribution in [2.75, 3.05) is 0 Å². The second-order valence-electron chi connectivity index (χ2n) is 16.0. The Balaban J connectivity index is 1.06. The maximum atomic E-state index is 5.37. The summed E-state index contributed by atoms with van der Waals surface area (Å²) < 4.78 is 4.74. The molecule has 288 valence electrons. The van der Waals surface area contributed by atoms with E-state index in [4.69, 9.17) is 15.0 Å². The number of aromatic nitrogens is 5. The Bertz CT molecular complexity index is 3710. The van der Waals surface area contributed by atoms with Gasteiger partial charge in [-0.3, -0.25) is 4.57 Å². The van der Waals surface area contributed by atoms with E-state index in [-0.39, 0.29) is 0 Å². The minimum absolute atomic E-state index is 0.570. The Morgan fingerprint density at radius 1 is 0.306 bits per heavy atom. The Kier molecular flexibility index (Phi) is 7.54. The molecular weight excluding hydrogens is 755 g/mol. The van der Waals surface area contributed by atoms with Gasteiger partial charge in [-0.15, -0.1) is 0 Å². The van der Waals surface area contributed by atoms with E-state index < -0.39 is 0 Å². The number of hydrogen-bond donors (Lipinski definition) is 0. The zero-order chi connectivity index (χ0) is 40.7. The molecule has 5 nitrogen and oxygen atoms in total. The van der Waals surface area contributed by atoms with Gasteiger partial charge in [0, 0.05) is 43.8 Å². The van der Waals surface area contributed by atoms with Gasteiger partial charge in [-0.05, 0) is 57.6 Å². The average molecular weight is 790 g/mol. The van der Waals surface area contributed by atoms with E-state index in [1.807, 2.05) is 24.3 Å². The average Bonchev–Trinajstić information content (AvgIpc) is 3.82. The molecule has 12 aromatic rings. The summed E-state index contributed by atoms with van der Waals surface area (Å²) in [6.45, 7) is 0. The summed E-state index contributed by atoms with van der Waals surface area (Å²) in [4.78, 5) is 15.8. The molecule has 3 aromatic heterocycles. The molecule has 0 aliphatic carbocycles. The van der Waals surface area contributed by atoms with Gasteiger partial charge < -0.3 is 4.57 Å². The van der Waals surface area contributed by atoms with Gasteiger partial charge in [0.2, 0.25) is 5.95 Å². The minimum atomic E-state index is 0.570.